The van der Waals surface area contributed by atoms with Gasteiger partial charge in [0.1, 0.15) is 5.75 Å². The molecule has 1 amide bonds. The van der Waals surface area contributed by atoms with Crippen molar-refractivity contribution < 1.29 is 18.3 Å². The van der Waals surface area contributed by atoms with Crippen molar-refractivity contribution in [2.75, 3.05) is 26.7 Å². The van der Waals surface area contributed by atoms with Gasteiger partial charge in [-0.25, -0.2) is 4.52 Å². The Hall–Kier alpha value is -3.30. The van der Waals surface area contributed by atoms with E-state index < -0.39 is 6.61 Å². The molecule has 2 atom stereocenters. The van der Waals surface area contributed by atoms with Gasteiger partial charge >= 0.3 is 6.61 Å². The number of hydrogen-bond acceptors (Lipinski definition) is 5. The standard InChI is InChI=1S/C28H31F2N5O2/c1-28(2,15-31)34-10-7-16(8-11-34)17-9-12-35-20(13-17)24-19-14-21(25(24)32-35)33(3)26(36)18-5-4-6-22(23(18)19)37-27(29)30/h4-7,9,12-13,19,21,27H,8,10-11,14-15,31H2,1-3H3. The zero-order valence-electron chi connectivity index (χ0n) is 21.2. The molecule has 9 heteroatoms. The zero-order valence-corrected chi connectivity index (χ0v) is 21.2. The molecule has 0 saturated carbocycles. The van der Waals surface area contributed by atoms with Crippen LogP contribution in [0.5, 0.6) is 5.75 Å². The number of ether oxygens (including phenoxy) is 1. The molecule has 4 heterocycles. The Morgan fingerprint density at radius 1 is 1.24 bits per heavy atom. The van der Waals surface area contributed by atoms with Crippen molar-refractivity contribution in [3.8, 4) is 5.75 Å². The normalized spacial score (nSPS) is 21.8. The minimum absolute atomic E-state index is 0.0525. The fraction of sp³-hybridized carbons (Fsp3) is 0.429. The number of rotatable bonds is 5. The number of carbonyl (C=O) groups excluding carboxylic acids is 1. The Labute approximate surface area is 214 Å². The molecule has 0 radical (unpaired) electrons. The van der Waals surface area contributed by atoms with Crippen molar-refractivity contribution in [1.29, 1.82) is 0 Å². The van der Waals surface area contributed by atoms with E-state index in [0.717, 1.165) is 41.8 Å². The number of hydrogen-bond donors (Lipinski definition) is 1. The summed E-state index contributed by atoms with van der Waals surface area (Å²) in [7, 11) is 1.76. The van der Waals surface area contributed by atoms with Crippen LogP contribution >= 0.6 is 0 Å². The van der Waals surface area contributed by atoms with Crippen LogP contribution in [0.25, 0.3) is 11.1 Å². The fourth-order valence-electron chi connectivity index (χ4n) is 6.17. The fourth-order valence-corrected chi connectivity index (χ4v) is 6.17. The van der Waals surface area contributed by atoms with Crippen molar-refractivity contribution in [3.05, 3.63) is 70.6 Å². The largest absolute Gasteiger partial charge is 0.434 e. The van der Waals surface area contributed by atoms with Crippen LogP contribution in [0.3, 0.4) is 0 Å². The smallest absolute Gasteiger partial charge is 0.387 e. The molecule has 1 aliphatic carbocycles. The van der Waals surface area contributed by atoms with E-state index in [2.05, 4.69) is 37.0 Å². The third kappa shape index (κ3) is 3.75. The SMILES string of the molecule is CN1C(=O)c2cccc(OC(F)F)c2C2CC1c1nn3ccc(C4=CCN(C(C)(C)CN)CC4)cc3c12. The first-order valence-electron chi connectivity index (χ1n) is 12.7. The Bertz CT molecular complexity index is 1430. The maximum Gasteiger partial charge on any atom is 0.387 e. The molecule has 37 heavy (non-hydrogen) atoms. The average molecular weight is 508 g/mol. The summed E-state index contributed by atoms with van der Waals surface area (Å²) in [4.78, 5) is 17.4. The average Bonchev–Trinajstić information content (AvgIpc) is 3.41. The molecule has 2 aliphatic heterocycles. The Balaban J connectivity index is 1.46. The molecule has 0 saturated heterocycles. The minimum Gasteiger partial charge on any atom is -0.434 e. The Morgan fingerprint density at radius 2 is 2.05 bits per heavy atom. The maximum atomic E-state index is 13.3. The van der Waals surface area contributed by atoms with Crippen LogP contribution in [0.2, 0.25) is 0 Å². The molecule has 2 aromatic heterocycles. The van der Waals surface area contributed by atoms with Crippen molar-refractivity contribution in [2.24, 2.45) is 5.73 Å². The van der Waals surface area contributed by atoms with Gasteiger partial charge in [-0.05, 0) is 62.1 Å². The van der Waals surface area contributed by atoms with E-state index in [0.29, 0.717) is 24.1 Å². The molecule has 2 N–H and O–H groups in total. The summed E-state index contributed by atoms with van der Waals surface area (Å²) in [6.07, 6.45) is 5.72. The topological polar surface area (TPSA) is 76.1 Å². The summed E-state index contributed by atoms with van der Waals surface area (Å²) in [6.45, 7) is 3.72. The summed E-state index contributed by atoms with van der Waals surface area (Å²) < 4.78 is 33.4. The van der Waals surface area contributed by atoms with Gasteiger partial charge in [0.25, 0.3) is 5.91 Å². The summed E-state index contributed by atoms with van der Waals surface area (Å²) in [6, 6.07) is 8.81. The first kappa shape index (κ1) is 24.1. The highest BCUT2D eigenvalue weighted by molar-refractivity contribution is 5.98. The van der Waals surface area contributed by atoms with Crippen LogP contribution in [0.1, 0.15) is 71.4 Å². The molecular weight excluding hydrogens is 476 g/mol. The number of pyridine rings is 1. The number of nitrogens with zero attached hydrogens (tertiary/aromatic N) is 4. The second-order valence-electron chi connectivity index (χ2n) is 10.8. The second kappa shape index (κ2) is 8.63. The van der Waals surface area contributed by atoms with Crippen LogP contribution in [-0.2, 0) is 0 Å². The summed E-state index contributed by atoms with van der Waals surface area (Å²) in [5.41, 5.74) is 12.0. The predicted molar refractivity (Wildman–Crippen MR) is 137 cm³/mol. The van der Waals surface area contributed by atoms with E-state index >= 15 is 0 Å². The van der Waals surface area contributed by atoms with E-state index in [-0.39, 0.29) is 29.2 Å². The van der Waals surface area contributed by atoms with Crippen LogP contribution < -0.4 is 10.5 Å². The van der Waals surface area contributed by atoms with Gasteiger partial charge < -0.3 is 15.4 Å². The number of alkyl halides is 2. The number of carbonyl (C=O) groups is 1. The van der Waals surface area contributed by atoms with Crippen LogP contribution in [0, 0.1) is 0 Å². The summed E-state index contributed by atoms with van der Waals surface area (Å²) in [5.74, 6) is -0.420. The number of benzene rings is 1. The number of aromatic nitrogens is 2. The third-order valence-electron chi connectivity index (χ3n) is 8.41. The van der Waals surface area contributed by atoms with Crippen molar-refractivity contribution >= 4 is 17.0 Å². The van der Waals surface area contributed by atoms with Crippen LogP contribution in [0.4, 0.5) is 8.78 Å². The van der Waals surface area contributed by atoms with Gasteiger partial charge in [0.05, 0.1) is 17.3 Å². The second-order valence-corrected chi connectivity index (χ2v) is 10.8. The highest BCUT2D eigenvalue weighted by Crippen LogP contribution is 2.53. The molecule has 1 aromatic carbocycles. The lowest BCUT2D eigenvalue weighted by molar-refractivity contribution is -0.0505. The minimum atomic E-state index is -2.98. The number of halogens is 2. The molecule has 6 rings (SSSR count). The highest BCUT2D eigenvalue weighted by atomic mass is 19.3. The molecule has 0 spiro atoms. The Morgan fingerprint density at radius 3 is 2.76 bits per heavy atom. The Kier molecular flexibility index (Phi) is 5.61. The third-order valence-corrected chi connectivity index (χ3v) is 8.41. The van der Waals surface area contributed by atoms with Crippen molar-refractivity contribution in [3.63, 3.8) is 0 Å². The molecule has 2 unspecified atom stereocenters. The van der Waals surface area contributed by atoms with Gasteiger partial charge in [-0.15, -0.1) is 0 Å². The van der Waals surface area contributed by atoms with Gasteiger partial charge in [-0.3, -0.25) is 9.69 Å². The molecule has 3 aliphatic rings. The van der Waals surface area contributed by atoms with E-state index in [9.17, 15) is 13.6 Å². The van der Waals surface area contributed by atoms with E-state index in [1.165, 1.54) is 11.6 Å². The molecular formula is C28H31F2N5O2. The number of nitrogens with two attached hydrogens (primary N) is 1. The molecule has 194 valence electrons. The van der Waals surface area contributed by atoms with Crippen LogP contribution in [0.15, 0.2) is 42.6 Å². The van der Waals surface area contributed by atoms with Gasteiger partial charge in [0.2, 0.25) is 0 Å². The number of amides is 1. The van der Waals surface area contributed by atoms with Crippen molar-refractivity contribution in [1.82, 2.24) is 19.4 Å². The molecule has 0 fully saturated rings. The zero-order chi connectivity index (χ0) is 26.1. The quantitative estimate of drug-likeness (QED) is 0.553. The summed E-state index contributed by atoms with van der Waals surface area (Å²) in [5, 5.41) is 4.86. The lowest BCUT2D eigenvalue weighted by atomic mass is 9.88. The first-order chi connectivity index (χ1) is 17.7. The van der Waals surface area contributed by atoms with E-state index in [1.54, 1.807) is 24.1 Å². The molecule has 2 bridgehead atoms. The van der Waals surface area contributed by atoms with Gasteiger partial charge in [0.15, 0.2) is 0 Å². The monoisotopic (exact) mass is 507 g/mol. The van der Waals surface area contributed by atoms with E-state index in [1.807, 2.05) is 10.7 Å². The predicted octanol–water partition coefficient (Wildman–Crippen LogP) is 4.42. The van der Waals surface area contributed by atoms with Gasteiger partial charge in [0, 0.05) is 61.0 Å². The van der Waals surface area contributed by atoms with Crippen LogP contribution in [-0.4, -0.2) is 64.2 Å². The number of fused-ring (bicyclic) bond motifs is 9. The van der Waals surface area contributed by atoms with Gasteiger partial charge in [-0.1, -0.05) is 12.1 Å². The maximum absolute atomic E-state index is 13.3. The summed E-state index contributed by atoms with van der Waals surface area (Å²) >= 11 is 0. The lowest BCUT2D eigenvalue weighted by Crippen LogP contribution is -2.50. The highest BCUT2D eigenvalue weighted by Gasteiger charge is 2.46. The first-order valence-corrected chi connectivity index (χ1v) is 12.7. The van der Waals surface area contributed by atoms with E-state index in [4.69, 9.17) is 15.6 Å². The lowest BCUT2D eigenvalue weighted by Gasteiger charge is -2.39. The molecule has 7 nitrogen and oxygen atoms in total. The van der Waals surface area contributed by atoms with Crippen molar-refractivity contribution in [2.45, 2.75) is 50.8 Å². The molecule has 3 aromatic rings. The van der Waals surface area contributed by atoms with Gasteiger partial charge in [-0.2, -0.15) is 13.9 Å².